The topological polar surface area (TPSA) is 77.9 Å². The standard InChI is InChI=1S/C14H11FN4O/c15-11-7-5-10(6-8-11)9-17-14(20)12-3-1-2-4-13(12)18-19-16/h1-8H,9H2,(H,17,20). The van der Waals surface area contributed by atoms with Crippen molar-refractivity contribution in [2.24, 2.45) is 5.11 Å². The summed E-state index contributed by atoms with van der Waals surface area (Å²) in [5.41, 5.74) is 9.80. The molecule has 0 saturated carbocycles. The molecule has 0 fully saturated rings. The number of carbonyl (C=O) groups excluding carboxylic acids is 1. The molecule has 2 aromatic rings. The van der Waals surface area contributed by atoms with Crippen LogP contribution in [-0.4, -0.2) is 5.91 Å². The Morgan fingerprint density at radius 3 is 2.60 bits per heavy atom. The number of rotatable bonds is 4. The van der Waals surface area contributed by atoms with Crippen LogP contribution in [0.1, 0.15) is 15.9 Å². The van der Waals surface area contributed by atoms with Crippen molar-refractivity contribution >= 4 is 11.6 Å². The molecule has 100 valence electrons. The molecule has 20 heavy (non-hydrogen) atoms. The molecule has 0 aliphatic heterocycles. The van der Waals surface area contributed by atoms with Crippen molar-refractivity contribution in [3.05, 3.63) is 75.9 Å². The van der Waals surface area contributed by atoms with Gasteiger partial charge in [0.2, 0.25) is 0 Å². The van der Waals surface area contributed by atoms with Crippen molar-refractivity contribution in [1.29, 1.82) is 0 Å². The summed E-state index contributed by atoms with van der Waals surface area (Å²) in [6.07, 6.45) is 0. The first-order valence-electron chi connectivity index (χ1n) is 5.87. The molecular weight excluding hydrogens is 259 g/mol. The lowest BCUT2D eigenvalue weighted by atomic mass is 10.1. The normalized spacial score (nSPS) is 9.65. The van der Waals surface area contributed by atoms with E-state index in [0.29, 0.717) is 5.56 Å². The fourth-order valence-electron chi connectivity index (χ4n) is 1.68. The fraction of sp³-hybridized carbons (Fsp3) is 0.0714. The summed E-state index contributed by atoms with van der Waals surface area (Å²) in [6.45, 7) is 0.268. The van der Waals surface area contributed by atoms with E-state index in [9.17, 15) is 9.18 Å². The molecule has 6 heteroatoms. The van der Waals surface area contributed by atoms with Crippen LogP contribution < -0.4 is 5.32 Å². The van der Waals surface area contributed by atoms with Crippen molar-refractivity contribution in [2.75, 3.05) is 0 Å². The van der Waals surface area contributed by atoms with Crippen LogP contribution in [0.25, 0.3) is 10.4 Å². The van der Waals surface area contributed by atoms with Gasteiger partial charge in [0.25, 0.3) is 5.91 Å². The monoisotopic (exact) mass is 270 g/mol. The van der Waals surface area contributed by atoms with E-state index in [1.165, 1.54) is 12.1 Å². The predicted octanol–water partition coefficient (Wildman–Crippen LogP) is 3.70. The number of amides is 1. The van der Waals surface area contributed by atoms with E-state index in [0.717, 1.165) is 5.56 Å². The highest BCUT2D eigenvalue weighted by molar-refractivity contribution is 5.98. The minimum absolute atomic E-state index is 0.268. The van der Waals surface area contributed by atoms with Crippen LogP contribution in [0, 0.1) is 5.82 Å². The number of nitrogens with zero attached hydrogens (tertiary/aromatic N) is 3. The second kappa shape index (κ2) is 6.36. The molecule has 0 heterocycles. The summed E-state index contributed by atoms with van der Waals surface area (Å²) in [5, 5.41) is 6.15. The Hall–Kier alpha value is -2.85. The molecule has 2 rings (SSSR count). The predicted molar refractivity (Wildman–Crippen MR) is 72.8 cm³/mol. The first kappa shape index (κ1) is 13.6. The molecule has 1 N–H and O–H groups in total. The van der Waals surface area contributed by atoms with Gasteiger partial charge in [0.1, 0.15) is 5.82 Å². The van der Waals surface area contributed by atoms with E-state index >= 15 is 0 Å². The number of carbonyl (C=O) groups is 1. The fourth-order valence-corrected chi connectivity index (χ4v) is 1.68. The first-order chi connectivity index (χ1) is 9.70. The number of hydrogen-bond acceptors (Lipinski definition) is 2. The lowest BCUT2D eigenvalue weighted by molar-refractivity contribution is 0.0951. The maximum atomic E-state index is 12.8. The summed E-state index contributed by atoms with van der Waals surface area (Å²) < 4.78 is 12.8. The largest absolute Gasteiger partial charge is 0.348 e. The van der Waals surface area contributed by atoms with Gasteiger partial charge in [0.15, 0.2) is 0 Å². The number of hydrogen-bond donors (Lipinski definition) is 1. The number of azide groups is 1. The zero-order valence-electron chi connectivity index (χ0n) is 10.5. The van der Waals surface area contributed by atoms with Gasteiger partial charge in [-0.1, -0.05) is 35.4 Å². The Bertz CT molecular complexity index is 663. The lowest BCUT2D eigenvalue weighted by Gasteiger charge is -2.07. The van der Waals surface area contributed by atoms with Gasteiger partial charge in [-0.05, 0) is 29.3 Å². The summed E-state index contributed by atoms with van der Waals surface area (Å²) in [4.78, 5) is 14.7. The molecule has 0 aromatic heterocycles. The second-order valence-electron chi connectivity index (χ2n) is 4.02. The second-order valence-corrected chi connectivity index (χ2v) is 4.02. The van der Waals surface area contributed by atoms with Gasteiger partial charge in [-0.15, -0.1) is 0 Å². The molecule has 5 nitrogen and oxygen atoms in total. The van der Waals surface area contributed by atoms with Gasteiger partial charge in [-0.2, -0.15) is 0 Å². The van der Waals surface area contributed by atoms with Gasteiger partial charge >= 0.3 is 0 Å². The molecule has 0 unspecified atom stereocenters. The van der Waals surface area contributed by atoms with Gasteiger partial charge in [-0.25, -0.2) is 4.39 Å². The van der Waals surface area contributed by atoms with Crippen LogP contribution >= 0.6 is 0 Å². The Morgan fingerprint density at radius 1 is 1.20 bits per heavy atom. The zero-order valence-corrected chi connectivity index (χ0v) is 10.5. The highest BCUT2D eigenvalue weighted by atomic mass is 19.1. The number of halogens is 1. The Kier molecular flexibility index (Phi) is 4.32. The number of benzene rings is 2. The SMILES string of the molecule is [N-]=[N+]=Nc1ccccc1C(=O)NCc1ccc(F)cc1. The van der Waals surface area contributed by atoms with E-state index in [-0.39, 0.29) is 24.0 Å². The molecule has 0 bridgehead atoms. The van der Waals surface area contributed by atoms with Crippen molar-refractivity contribution in [1.82, 2.24) is 5.32 Å². The highest BCUT2D eigenvalue weighted by Crippen LogP contribution is 2.18. The first-order valence-corrected chi connectivity index (χ1v) is 5.87. The third-order valence-electron chi connectivity index (χ3n) is 2.67. The van der Waals surface area contributed by atoms with E-state index < -0.39 is 0 Å². The van der Waals surface area contributed by atoms with Crippen LogP contribution in [0.5, 0.6) is 0 Å². The molecule has 0 saturated heterocycles. The van der Waals surface area contributed by atoms with Gasteiger partial charge in [0.05, 0.1) is 5.69 Å². The minimum atomic E-state index is -0.350. The average Bonchev–Trinajstić information content (AvgIpc) is 2.47. The lowest BCUT2D eigenvalue weighted by Crippen LogP contribution is -2.22. The Balaban J connectivity index is 2.09. The minimum Gasteiger partial charge on any atom is -0.348 e. The molecular formula is C14H11FN4O. The van der Waals surface area contributed by atoms with Crippen molar-refractivity contribution < 1.29 is 9.18 Å². The van der Waals surface area contributed by atoms with Crippen LogP contribution in [-0.2, 0) is 6.54 Å². The molecule has 0 radical (unpaired) electrons. The average molecular weight is 270 g/mol. The van der Waals surface area contributed by atoms with Crippen LogP contribution in [0.3, 0.4) is 0 Å². The molecule has 1 amide bonds. The Labute approximate surface area is 114 Å². The van der Waals surface area contributed by atoms with E-state index in [4.69, 9.17) is 5.53 Å². The molecule has 0 atom stereocenters. The third-order valence-corrected chi connectivity index (χ3v) is 2.67. The summed E-state index contributed by atoms with van der Waals surface area (Å²) in [7, 11) is 0. The van der Waals surface area contributed by atoms with Crippen molar-refractivity contribution in [3.63, 3.8) is 0 Å². The zero-order chi connectivity index (χ0) is 14.4. The van der Waals surface area contributed by atoms with Crippen molar-refractivity contribution in [3.8, 4) is 0 Å². The molecule has 2 aromatic carbocycles. The highest BCUT2D eigenvalue weighted by Gasteiger charge is 2.09. The summed E-state index contributed by atoms with van der Waals surface area (Å²) in [5.74, 6) is -0.675. The third kappa shape index (κ3) is 3.34. The summed E-state index contributed by atoms with van der Waals surface area (Å²) in [6, 6.07) is 12.3. The summed E-state index contributed by atoms with van der Waals surface area (Å²) >= 11 is 0. The van der Waals surface area contributed by atoms with E-state index in [1.807, 2.05) is 0 Å². The van der Waals surface area contributed by atoms with Crippen LogP contribution in [0.15, 0.2) is 53.6 Å². The van der Waals surface area contributed by atoms with Crippen LogP contribution in [0.4, 0.5) is 10.1 Å². The van der Waals surface area contributed by atoms with Gasteiger partial charge < -0.3 is 5.32 Å². The van der Waals surface area contributed by atoms with E-state index in [2.05, 4.69) is 15.3 Å². The molecule has 0 aliphatic carbocycles. The van der Waals surface area contributed by atoms with Gasteiger partial charge in [-0.3, -0.25) is 4.79 Å². The maximum absolute atomic E-state index is 12.8. The Morgan fingerprint density at radius 2 is 1.90 bits per heavy atom. The number of nitrogens with one attached hydrogen (secondary N) is 1. The quantitative estimate of drug-likeness (QED) is 0.513. The maximum Gasteiger partial charge on any atom is 0.252 e. The van der Waals surface area contributed by atoms with Crippen LogP contribution in [0.2, 0.25) is 0 Å². The van der Waals surface area contributed by atoms with E-state index in [1.54, 1.807) is 36.4 Å². The molecule has 0 spiro atoms. The van der Waals surface area contributed by atoms with Crippen molar-refractivity contribution in [2.45, 2.75) is 6.54 Å². The smallest absolute Gasteiger partial charge is 0.252 e. The molecule has 0 aliphatic rings. The van der Waals surface area contributed by atoms with Gasteiger partial charge in [0, 0.05) is 17.0 Å².